The van der Waals surface area contributed by atoms with Gasteiger partial charge in [0.15, 0.2) is 5.82 Å². The smallest absolute Gasteiger partial charge is 0.164 e. The van der Waals surface area contributed by atoms with Crippen molar-refractivity contribution in [3.8, 4) is 0 Å². The van der Waals surface area contributed by atoms with Crippen molar-refractivity contribution >= 4 is 40.2 Å². The Labute approximate surface area is 135 Å². The largest absolute Gasteiger partial charge is 0.467 e. The molecule has 0 aliphatic rings. The van der Waals surface area contributed by atoms with E-state index in [0.717, 1.165) is 4.88 Å². The van der Waals surface area contributed by atoms with Crippen LogP contribution in [-0.2, 0) is 0 Å². The molecule has 108 valence electrons. The molecule has 0 aliphatic heterocycles. The number of anilines is 1. The Morgan fingerprint density at radius 3 is 2.62 bits per heavy atom. The van der Waals surface area contributed by atoms with Crippen molar-refractivity contribution in [1.29, 1.82) is 0 Å². The van der Waals surface area contributed by atoms with Crippen molar-refractivity contribution in [2.75, 3.05) is 5.32 Å². The van der Waals surface area contributed by atoms with Gasteiger partial charge in [-0.3, -0.25) is 0 Å². The van der Waals surface area contributed by atoms with Crippen LogP contribution in [0.2, 0.25) is 9.36 Å². The van der Waals surface area contributed by atoms with Crippen LogP contribution >= 0.6 is 34.5 Å². The van der Waals surface area contributed by atoms with Gasteiger partial charge in [-0.2, -0.15) is 0 Å². The average Bonchev–Trinajstić information content (AvgIpc) is 3.12. The first-order valence-electron chi connectivity index (χ1n) is 6.14. The van der Waals surface area contributed by atoms with Crippen molar-refractivity contribution in [3.05, 3.63) is 74.5 Å². The van der Waals surface area contributed by atoms with E-state index < -0.39 is 5.82 Å². The number of benzene rings is 1. The highest BCUT2D eigenvalue weighted by Crippen LogP contribution is 2.35. The maximum Gasteiger partial charge on any atom is 0.164 e. The quantitative estimate of drug-likeness (QED) is 0.630. The summed E-state index contributed by atoms with van der Waals surface area (Å²) in [5, 5.41) is 3.19. The topological polar surface area (TPSA) is 25.2 Å². The predicted molar refractivity (Wildman–Crippen MR) is 84.9 cm³/mol. The van der Waals surface area contributed by atoms with E-state index >= 15 is 0 Å². The molecule has 21 heavy (non-hydrogen) atoms. The molecule has 0 bridgehead atoms. The molecule has 3 aromatic rings. The van der Waals surface area contributed by atoms with Gasteiger partial charge >= 0.3 is 0 Å². The molecule has 0 saturated carbocycles. The van der Waals surface area contributed by atoms with E-state index in [0.29, 0.717) is 15.8 Å². The fourth-order valence-corrected chi connectivity index (χ4v) is 3.29. The summed E-state index contributed by atoms with van der Waals surface area (Å²) in [5.74, 6) is 0.186. The first kappa shape index (κ1) is 14.4. The van der Waals surface area contributed by atoms with Crippen LogP contribution in [0.15, 0.2) is 53.1 Å². The predicted octanol–water partition coefficient (Wildman–Crippen LogP) is 5.99. The molecule has 0 spiro atoms. The SMILES string of the molecule is Fc1c(Cl)cccc1NC(c1ccco1)c1ccc(Cl)s1. The Balaban J connectivity index is 1.99. The summed E-state index contributed by atoms with van der Waals surface area (Å²) in [6.45, 7) is 0. The third-order valence-corrected chi connectivity index (χ3v) is 4.55. The molecule has 2 nitrogen and oxygen atoms in total. The molecular formula is C15H10Cl2FNOS. The zero-order chi connectivity index (χ0) is 14.8. The molecule has 6 heteroatoms. The normalized spacial score (nSPS) is 12.3. The van der Waals surface area contributed by atoms with Crippen molar-refractivity contribution in [1.82, 2.24) is 0 Å². The molecule has 0 fully saturated rings. The number of hydrogen-bond acceptors (Lipinski definition) is 3. The van der Waals surface area contributed by atoms with Crippen molar-refractivity contribution in [2.24, 2.45) is 0 Å². The van der Waals surface area contributed by atoms with Gasteiger partial charge in [-0.05, 0) is 36.4 Å². The van der Waals surface area contributed by atoms with E-state index in [9.17, 15) is 4.39 Å². The number of halogens is 3. The number of nitrogens with one attached hydrogen (secondary N) is 1. The number of rotatable bonds is 4. The Hall–Kier alpha value is -1.49. The van der Waals surface area contributed by atoms with E-state index in [-0.39, 0.29) is 11.1 Å². The van der Waals surface area contributed by atoms with Gasteiger partial charge in [-0.25, -0.2) is 4.39 Å². The Morgan fingerprint density at radius 2 is 1.95 bits per heavy atom. The first-order valence-corrected chi connectivity index (χ1v) is 7.71. The fraction of sp³-hybridized carbons (Fsp3) is 0.0667. The van der Waals surface area contributed by atoms with Crippen molar-refractivity contribution in [3.63, 3.8) is 0 Å². The molecule has 3 rings (SSSR count). The zero-order valence-electron chi connectivity index (χ0n) is 10.6. The molecule has 0 saturated heterocycles. The number of furan rings is 1. The highest BCUT2D eigenvalue weighted by Gasteiger charge is 2.20. The van der Waals surface area contributed by atoms with Crippen LogP contribution in [0.1, 0.15) is 16.7 Å². The van der Waals surface area contributed by atoms with Gasteiger partial charge in [0.1, 0.15) is 11.8 Å². The van der Waals surface area contributed by atoms with Crippen LogP contribution in [0, 0.1) is 5.82 Å². The van der Waals surface area contributed by atoms with E-state index in [1.54, 1.807) is 30.5 Å². The van der Waals surface area contributed by atoms with Gasteiger partial charge in [0.05, 0.1) is 21.3 Å². The standard InChI is InChI=1S/C15H10Cl2FNOS/c16-9-3-1-4-10(14(9)18)19-15(11-5-2-8-20-11)12-6-7-13(17)21-12/h1-8,15,19H. The summed E-state index contributed by atoms with van der Waals surface area (Å²) in [5.41, 5.74) is 0.313. The Bertz CT molecular complexity index is 742. The number of thiophene rings is 1. The van der Waals surface area contributed by atoms with Gasteiger partial charge < -0.3 is 9.73 Å². The zero-order valence-corrected chi connectivity index (χ0v) is 13.0. The maximum atomic E-state index is 14.1. The minimum Gasteiger partial charge on any atom is -0.467 e. The first-order chi connectivity index (χ1) is 10.1. The van der Waals surface area contributed by atoms with Crippen LogP contribution in [-0.4, -0.2) is 0 Å². The molecule has 1 unspecified atom stereocenters. The molecule has 0 aliphatic carbocycles. The second-order valence-corrected chi connectivity index (χ2v) is 6.49. The third kappa shape index (κ3) is 3.07. The molecular weight excluding hydrogens is 332 g/mol. The lowest BCUT2D eigenvalue weighted by Crippen LogP contribution is -2.11. The van der Waals surface area contributed by atoms with Gasteiger partial charge in [-0.1, -0.05) is 29.3 Å². The van der Waals surface area contributed by atoms with Crippen molar-refractivity contribution in [2.45, 2.75) is 6.04 Å². The summed E-state index contributed by atoms with van der Waals surface area (Å²) in [6.07, 6.45) is 1.58. The Morgan fingerprint density at radius 1 is 1.10 bits per heavy atom. The highest BCUT2D eigenvalue weighted by molar-refractivity contribution is 7.16. The summed E-state index contributed by atoms with van der Waals surface area (Å²) in [4.78, 5) is 0.925. The summed E-state index contributed by atoms with van der Waals surface area (Å²) >= 11 is 13.2. The van der Waals surface area contributed by atoms with Crippen LogP contribution in [0.5, 0.6) is 0 Å². The van der Waals surface area contributed by atoms with Crippen molar-refractivity contribution < 1.29 is 8.81 Å². The van der Waals surface area contributed by atoms with Crippen LogP contribution in [0.4, 0.5) is 10.1 Å². The second-order valence-electron chi connectivity index (χ2n) is 4.34. The molecule has 2 aromatic heterocycles. The maximum absolute atomic E-state index is 14.1. The summed E-state index contributed by atoms with van der Waals surface area (Å²) in [7, 11) is 0. The minimum atomic E-state index is -0.488. The molecule has 2 heterocycles. The van der Waals surface area contributed by atoms with Gasteiger partial charge in [-0.15, -0.1) is 11.3 Å². The van der Waals surface area contributed by atoms with E-state index in [1.807, 2.05) is 12.1 Å². The number of hydrogen-bond donors (Lipinski definition) is 1. The van der Waals surface area contributed by atoms with E-state index in [4.69, 9.17) is 27.6 Å². The summed E-state index contributed by atoms with van der Waals surface area (Å²) in [6, 6.07) is 11.8. The molecule has 1 aromatic carbocycles. The molecule has 0 amide bonds. The lowest BCUT2D eigenvalue weighted by atomic mass is 10.1. The van der Waals surface area contributed by atoms with Crippen LogP contribution in [0.3, 0.4) is 0 Å². The minimum absolute atomic E-state index is 0.0717. The van der Waals surface area contributed by atoms with E-state index in [1.165, 1.54) is 17.4 Å². The molecule has 1 atom stereocenters. The summed E-state index contributed by atoms with van der Waals surface area (Å²) < 4.78 is 20.2. The van der Waals surface area contributed by atoms with Gasteiger partial charge in [0.25, 0.3) is 0 Å². The van der Waals surface area contributed by atoms with Crippen LogP contribution in [0.25, 0.3) is 0 Å². The molecule has 1 N–H and O–H groups in total. The lowest BCUT2D eigenvalue weighted by Gasteiger charge is -2.17. The van der Waals surface area contributed by atoms with E-state index in [2.05, 4.69) is 5.32 Å². The van der Waals surface area contributed by atoms with Gasteiger partial charge in [0, 0.05) is 4.88 Å². The average molecular weight is 342 g/mol. The van der Waals surface area contributed by atoms with Crippen LogP contribution < -0.4 is 5.32 Å². The lowest BCUT2D eigenvalue weighted by molar-refractivity contribution is 0.499. The second kappa shape index (κ2) is 6.10. The monoisotopic (exact) mass is 341 g/mol. The Kier molecular flexibility index (Phi) is 4.19. The fourth-order valence-electron chi connectivity index (χ4n) is 1.99. The highest BCUT2D eigenvalue weighted by atomic mass is 35.5. The molecule has 0 radical (unpaired) electrons. The third-order valence-electron chi connectivity index (χ3n) is 2.96. The van der Waals surface area contributed by atoms with Gasteiger partial charge in [0.2, 0.25) is 0 Å².